The van der Waals surface area contributed by atoms with Gasteiger partial charge in [0.25, 0.3) is 0 Å². The molecular formula is C12H17B2. The summed E-state index contributed by atoms with van der Waals surface area (Å²) in [5.74, 6) is 0. The quantitative estimate of drug-likeness (QED) is 0.586. The molecule has 1 saturated heterocycles. The van der Waals surface area contributed by atoms with Crippen LogP contribution in [0.3, 0.4) is 0 Å². The molecule has 0 nitrogen and oxygen atoms in total. The third-order valence-corrected chi connectivity index (χ3v) is 3.22. The van der Waals surface area contributed by atoms with Crippen LogP contribution in [-0.4, -0.2) is 13.8 Å². The van der Waals surface area contributed by atoms with Crippen LogP contribution in [0, 0.1) is 0 Å². The molecule has 1 aromatic carbocycles. The lowest BCUT2D eigenvalue weighted by Crippen LogP contribution is -2.44. The molecule has 71 valence electrons. The van der Waals surface area contributed by atoms with E-state index in [0.717, 1.165) is 0 Å². The van der Waals surface area contributed by atoms with Crippen LogP contribution in [0.5, 0.6) is 0 Å². The molecule has 0 amide bonds. The van der Waals surface area contributed by atoms with Crippen LogP contribution in [0.25, 0.3) is 0 Å². The third kappa shape index (κ3) is 2.23. The van der Waals surface area contributed by atoms with E-state index >= 15 is 0 Å². The van der Waals surface area contributed by atoms with Gasteiger partial charge in [-0.15, -0.1) is 0 Å². The monoisotopic (exact) mass is 183 g/mol. The van der Waals surface area contributed by atoms with Crippen molar-refractivity contribution in [2.45, 2.75) is 38.3 Å². The fourth-order valence-corrected chi connectivity index (χ4v) is 2.45. The molecule has 1 radical (unpaired) electrons. The van der Waals surface area contributed by atoms with E-state index in [-0.39, 0.29) is 0 Å². The van der Waals surface area contributed by atoms with Gasteiger partial charge < -0.3 is 0 Å². The highest BCUT2D eigenvalue weighted by Gasteiger charge is 2.31. The van der Waals surface area contributed by atoms with Crippen molar-refractivity contribution >= 4 is 19.2 Å². The lowest BCUT2D eigenvalue weighted by Gasteiger charge is -2.33. The standard InChI is InChI=1S/C12H17B2/c1-12(2)9-6-10-14(13-12)11-7-4-3-5-8-11/h3-5,7-8H,6,9-10H2,1-2H3. The molecule has 0 aromatic heterocycles. The molecule has 2 heteroatoms. The molecule has 1 aliphatic rings. The van der Waals surface area contributed by atoms with Crippen molar-refractivity contribution in [1.29, 1.82) is 0 Å². The normalized spacial score (nSPS) is 20.3. The van der Waals surface area contributed by atoms with Gasteiger partial charge in [0.05, 0.1) is 7.17 Å². The van der Waals surface area contributed by atoms with E-state index in [1.54, 1.807) is 0 Å². The zero-order valence-electron chi connectivity index (χ0n) is 9.16. The topological polar surface area (TPSA) is 0 Å². The Balaban J connectivity index is 2.12. The lowest BCUT2D eigenvalue weighted by atomic mass is 9.10. The minimum atomic E-state index is 0.429. The summed E-state index contributed by atoms with van der Waals surface area (Å²) in [6.45, 7) is 5.38. The molecule has 1 fully saturated rings. The van der Waals surface area contributed by atoms with Crippen molar-refractivity contribution in [3.8, 4) is 0 Å². The first-order valence-electron chi connectivity index (χ1n) is 5.58. The second-order valence-corrected chi connectivity index (χ2v) is 5.06. The molecule has 0 unspecified atom stereocenters. The first-order valence-corrected chi connectivity index (χ1v) is 5.58. The maximum absolute atomic E-state index is 2.53. The minimum Gasteiger partial charge on any atom is -0.0891 e. The summed E-state index contributed by atoms with van der Waals surface area (Å²) in [7, 11) is 2.53. The number of rotatable bonds is 1. The van der Waals surface area contributed by atoms with E-state index in [0.29, 0.717) is 11.9 Å². The van der Waals surface area contributed by atoms with E-state index in [2.05, 4.69) is 51.3 Å². The second kappa shape index (κ2) is 3.84. The molecular weight excluding hydrogens is 166 g/mol. The van der Waals surface area contributed by atoms with Gasteiger partial charge in [-0.25, -0.2) is 0 Å². The van der Waals surface area contributed by atoms with Crippen LogP contribution in [0.1, 0.15) is 26.7 Å². The molecule has 1 heterocycles. The van der Waals surface area contributed by atoms with Gasteiger partial charge in [-0.3, -0.25) is 0 Å². The molecule has 0 atom stereocenters. The van der Waals surface area contributed by atoms with Gasteiger partial charge in [-0.1, -0.05) is 74.1 Å². The molecule has 1 aromatic rings. The van der Waals surface area contributed by atoms with E-state index in [4.69, 9.17) is 0 Å². The number of hydrogen-bond acceptors (Lipinski definition) is 0. The Kier molecular flexibility index (Phi) is 2.71. The minimum absolute atomic E-state index is 0.429. The summed E-state index contributed by atoms with van der Waals surface area (Å²) in [4.78, 5) is 0. The van der Waals surface area contributed by atoms with Crippen molar-refractivity contribution in [1.82, 2.24) is 0 Å². The fourth-order valence-electron chi connectivity index (χ4n) is 2.45. The summed E-state index contributed by atoms with van der Waals surface area (Å²) in [5, 5.41) is 0.429. The average Bonchev–Trinajstić information content (AvgIpc) is 2.18. The van der Waals surface area contributed by atoms with Crippen LogP contribution in [0.4, 0.5) is 0 Å². The molecule has 0 aliphatic carbocycles. The van der Waals surface area contributed by atoms with Crippen molar-refractivity contribution in [2.24, 2.45) is 0 Å². The smallest absolute Gasteiger partial charge is 0.0891 e. The first kappa shape index (κ1) is 9.89. The molecule has 0 N–H and O–H groups in total. The second-order valence-electron chi connectivity index (χ2n) is 5.06. The van der Waals surface area contributed by atoms with Crippen LogP contribution < -0.4 is 5.46 Å². The Morgan fingerprint density at radius 1 is 1.21 bits per heavy atom. The van der Waals surface area contributed by atoms with Crippen LogP contribution in [0.15, 0.2) is 30.3 Å². The summed E-state index contributed by atoms with van der Waals surface area (Å²) < 4.78 is 0. The van der Waals surface area contributed by atoms with Gasteiger partial charge in [-0.2, -0.15) is 0 Å². The highest BCUT2D eigenvalue weighted by molar-refractivity contribution is 7.20. The van der Waals surface area contributed by atoms with E-state index in [1.165, 1.54) is 24.6 Å². The average molecular weight is 183 g/mol. The van der Waals surface area contributed by atoms with Gasteiger partial charge in [0.15, 0.2) is 0 Å². The Bertz CT molecular complexity index is 292. The highest BCUT2D eigenvalue weighted by Crippen LogP contribution is 2.35. The van der Waals surface area contributed by atoms with Gasteiger partial charge in [0.2, 0.25) is 0 Å². The Morgan fingerprint density at radius 2 is 1.93 bits per heavy atom. The Labute approximate surface area is 88.4 Å². The maximum Gasteiger partial charge on any atom is 0.137 e. The molecule has 1 aliphatic heterocycles. The van der Waals surface area contributed by atoms with Gasteiger partial charge in [-0.05, 0) is 0 Å². The first-order chi connectivity index (χ1) is 6.67. The van der Waals surface area contributed by atoms with Crippen LogP contribution in [-0.2, 0) is 0 Å². The molecule has 0 saturated carbocycles. The summed E-state index contributed by atoms with van der Waals surface area (Å²) in [5.41, 5.74) is 1.49. The zero-order chi connectivity index (χ0) is 10.0. The Hall–Kier alpha value is -0.650. The van der Waals surface area contributed by atoms with E-state index < -0.39 is 0 Å². The highest BCUT2D eigenvalue weighted by atomic mass is 14.1. The van der Waals surface area contributed by atoms with Crippen molar-refractivity contribution in [2.75, 3.05) is 0 Å². The van der Waals surface area contributed by atoms with Crippen LogP contribution in [0.2, 0.25) is 11.6 Å². The predicted molar refractivity (Wildman–Crippen MR) is 65.7 cm³/mol. The fraction of sp³-hybridized carbons (Fsp3) is 0.500. The SMILES string of the molecule is CC1(C)[B]B(c2ccccc2)CCC1. The van der Waals surface area contributed by atoms with E-state index in [1.807, 2.05) is 0 Å². The maximum atomic E-state index is 2.53. The summed E-state index contributed by atoms with van der Waals surface area (Å²) >= 11 is 0. The zero-order valence-corrected chi connectivity index (χ0v) is 9.16. The predicted octanol–water partition coefficient (Wildman–Crippen LogP) is 2.58. The van der Waals surface area contributed by atoms with Crippen molar-refractivity contribution < 1.29 is 0 Å². The number of benzene rings is 1. The summed E-state index contributed by atoms with van der Waals surface area (Å²) in [6.07, 6.45) is 4.03. The lowest BCUT2D eigenvalue weighted by molar-refractivity contribution is 0.587. The molecule has 2 rings (SSSR count). The Morgan fingerprint density at radius 3 is 2.57 bits per heavy atom. The third-order valence-electron chi connectivity index (χ3n) is 3.22. The summed E-state index contributed by atoms with van der Waals surface area (Å²) in [6, 6.07) is 10.9. The van der Waals surface area contributed by atoms with Gasteiger partial charge in [0, 0.05) is 0 Å². The van der Waals surface area contributed by atoms with Crippen LogP contribution >= 0.6 is 0 Å². The van der Waals surface area contributed by atoms with Crippen molar-refractivity contribution in [3.63, 3.8) is 0 Å². The number of hydrogen-bond donors (Lipinski definition) is 0. The molecule has 14 heavy (non-hydrogen) atoms. The molecule has 0 spiro atoms. The van der Waals surface area contributed by atoms with Gasteiger partial charge in [0.1, 0.15) is 6.60 Å². The van der Waals surface area contributed by atoms with E-state index in [9.17, 15) is 0 Å². The van der Waals surface area contributed by atoms with Crippen molar-refractivity contribution in [3.05, 3.63) is 30.3 Å². The van der Waals surface area contributed by atoms with Gasteiger partial charge >= 0.3 is 0 Å². The molecule has 0 bridgehead atoms. The largest absolute Gasteiger partial charge is 0.137 e.